The Labute approximate surface area is 86.8 Å². The van der Waals surface area contributed by atoms with Crippen LogP contribution in [-0.4, -0.2) is 9.97 Å². The number of anilines is 1. The molecule has 0 aliphatic heterocycles. The summed E-state index contributed by atoms with van der Waals surface area (Å²) in [4.78, 5) is 8.22. The van der Waals surface area contributed by atoms with Crippen molar-refractivity contribution < 1.29 is 0 Å². The molecule has 3 nitrogen and oxygen atoms in total. The van der Waals surface area contributed by atoms with Crippen molar-refractivity contribution in [1.82, 2.24) is 9.97 Å². The molecule has 0 aliphatic carbocycles. The summed E-state index contributed by atoms with van der Waals surface area (Å²) < 4.78 is 0. The molecule has 0 fully saturated rings. The normalized spacial score (nSPS) is 12.4. The number of hydrogen-bond donors (Lipinski definition) is 1. The van der Waals surface area contributed by atoms with Gasteiger partial charge in [-0.1, -0.05) is 0 Å². The van der Waals surface area contributed by atoms with E-state index in [1.807, 2.05) is 23.7 Å². The molecule has 2 heterocycles. The quantitative estimate of drug-likeness (QED) is 0.837. The fraction of sp³-hybridized carbons (Fsp3) is 0.200. The Hall–Kier alpha value is -1.42. The maximum atomic E-state index is 4.25. The van der Waals surface area contributed by atoms with E-state index in [1.165, 1.54) is 0 Å². The van der Waals surface area contributed by atoms with Gasteiger partial charge in [-0.05, 0) is 19.1 Å². The number of pyridine rings is 1. The number of nitrogens with one attached hydrogen (secondary N) is 1. The summed E-state index contributed by atoms with van der Waals surface area (Å²) >= 11 is 1.66. The van der Waals surface area contributed by atoms with Crippen LogP contribution in [0.25, 0.3) is 0 Å². The molecular formula is C10H11N3S. The Morgan fingerprint density at radius 3 is 2.71 bits per heavy atom. The fourth-order valence-corrected chi connectivity index (χ4v) is 1.85. The third-order valence-corrected chi connectivity index (χ3v) is 2.84. The maximum absolute atomic E-state index is 4.25. The topological polar surface area (TPSA) is 37.8 Å². The Bertz CT molecular complexity index is 372. The van der Waals surface area contributed by atoms with Crippen LogP contribution in [0.1, 0.15) is 18.0 Å². The van der Waals surface area contributed by atoms with Gasteiger partial charge in [-0.2, -0.15) is 0 Å². The summed E-state index contributed by atoms with van der Waals surface area (Å²) in [5, 5.41) is 6.44. The van der Waals surface area contributed by atoms with Gasteiger partial charge in [0.15, 0.2) is 0 Å². The molecule has 0 aromatic carbocycles. The van der Waals surface area contributed by atoms with Gasteiger partial charge in [-0.15, -0.1) is 11.3 Å². The van der Waals surface area contributed by atoms with Gasteiger partial charge < -0.3 is 5.32 Å². The first-order valence-electron chi connectivity index (χ1n) is 4.42. The summed E-state index contributed by atoms with van der Waals surface area (Å²) in [5.74, 6) is 0. The second-order valence-corrected chi connectivity index (χ2v) is 3.90. The first-order chi connectivity index (χ1) is 6.86. The SMILES string of the molecule is CC(Nc1ccncc1)c1nccs1. The zero-order chi connectivity index (χ0) is 9.80. The zero-order valence-electron chi connectivity index (χ0n) is 7.84. The summed E-state index contributed by atoms with van der Waals surface area (Å²) in [7, 11) is 0. The molecular weight excluding hydrogens is 194 g/mol. The van der Waals surface area contributed by atoms with E-state index in [0.717, 1.165) is 10.7 Å². The van der Waals surface area contributed by atoms with E-state index in [4.69, 9.17) is 0 Å². The first kappa shape index (κ1) is 9.15. The average molecular weight is 205 g/mol. The smallest absolute Gasteiger partial charge is 0.115 e. The van der Waals surface area contributed by atoms with Crippen LogP contribution in [0.15, 0.2) is 36.1 Å². The van der Waals surface area contributed by atoms with E-state index in [-0.39, 0.29) is 6.04 Å². The molecule has 0 aliphatic rings. The third-order valence-electron chi connectivity index (χ3n) is 1.89. The van der Waals surface area contributed by atoms with Gasteiger partial charge in [0.25, 0.3) is 0 Å². The van der Waals surface area contributed by atoms with Crippen LogP contribution < -0.4 is 5.32 Å². The summed E-state index contributed by atoms with van der Waals surface area (Å²) in [6.45, 7) is 2.10. The first-order valence-corrected chi connectivity index (χ1v) is 5.30. The molecule has 0 saturated carbocycles. The van der Waals surface area contributed by atoms with E-state index in [2.05, 4.69) is 22.2 Å². The number of nitrogens with zero attached hydrogens (tertiary/aromatic N) is 2. The second-order valence-electron chi connectivity index (χ2n) is 2.97. The molecule has 4 heteroatoms. The lowest BCUT2D eigenvalue weighted by Crippen LogP contribution is -2.05. The van der Waals surface area contributed by atoms with E-state index in [0.29, 0.717) is 0 Å². The van der Waals surface area contributed by atoms with E-state index in [1.54, 1.807) is 23.7 Å². The van der Waals surface area contributed by atoms with Gasteiger partial charge in [0, 0.05) is 29.7 Å². The van der Waals surface area contributed by atoms with Crippen molar-refractivity contribution in [3.63, 3.8) is 0 Å². The Morgan fingerprint density at radius 2 is 2.07 bits per heavy atom. The van der Waals surface area contributed by atoms with Gasteiger partial charge in [0.1, 0.15) is 5.01 Å². The highest BCUT2D eigenvalue weighted by Crippen LogP contribution is 2.19. The van der Waals surface area contributed by atoms with Gasteiger partial charge in [0.2, 0.25) is 0 Å². The minimum atomic E-state index is 0.248. The van der Waals surface area contributed by atoms with E-state index < -0.39 is 0 Å². The second kappa shape index (κ2) is 4.19. The molecule has 1 N–H and O–H groups in total. The lowest BCUT2D eigenvalue weighted by Gasteiger charge is -2.11. The molecule has 1 unspecified atom stereocenters. The average Bonchev–Trinajstić information content (AvgIpc) is 2.72. The van der Waals surface area contributed by atoms with Crippen molar-refractivity contribution in [1.29, 1.82) is 0 Å². The van der Waals surface area contributed by atoms with Crippen LogP contribution >= 0.6 is 11.3 Å². The molecule has 14 heavy (non-hydrogen) atoms. The number of thiazole rings is 1. The van der Waals surface area contributed by atoms with E-state index in [9.17, 15) is 0 Å². The minimum Gasteiger partial charge on any atom is -0.376 e. The van der Waals surface area contributed by atoms with Crippen molar-refractivity contribution >= 4 is 17.0 Å². The molecule has 0 spiro atoms. The lowest BCUT2D eigenvalue weighted by molar-refractivity contribution is 0.869. The minimum absolute atomic E-state index is 0.248. The number of aromatic nitrogens is 2. The van der Waals surface area contributed by atoms with Crippen molar-refractivity contribution in [2.45, 2.75) is 13.0 Å². The van der Waals surface area contributed by atoms with Gasteiger partial charge in [-0.25, -0.2) is 4.98 Å². The van der Waals surface area contributed by atoms with Crippen molar-refractivity contribution in [3.05, 3.63) is 41.1 Å². The molecule has 2 aromatic heterocycles. The summed E-state index contributed by atoms with van der Waals surface area (Å²) in [6.07, 6.45) is 5.37. The molecule has 0 radical (unpaired) electrons. The van der Waals surface area contributed by atoms with Gasteiger partial charge in [-0.3, -0.25) is 4.98 Å². The lowest BCUT2D eigenvalue weighted by atomic mass is 10.3. The van der Waals surface area contributed by atoms with Crippen molar-refractivity contribution in [3.8, 4) is 0 Å². The standard InChI is InChI=1S/C10H11N3S/c1-8(10-12-6-7-14-10)13-9-2-4-11-5-3-9/h2-8H,1H3,(H,11,13). The Kier molecular flexibility index (Phi) is 2.74. The molecule has 2 rings (SSSR count). The van der Waals surface area contributed by atoms with Crippen LogP contribution in [0.4, 0.5) is 5.69 Å². The number of rotatable bonds is 3. The van der Waals surface area contributed by atoms with Crippen molar-refractivity contribution in [2.24, 2.45) is 0 Å². The monoisotopic (exact) mass is 205 g/mol. The molecule has 2 aromatic rings. The molecule has 1 atom stereocenters. The number of hydrogen-bond acceptors (Lipinski definition) is 4. The van der Waals surface area contributed by atoms with Crippen LogP contribution in [0.3, 0.4) is 0 Å². The predicted molar refractivity (Wildman–Crippen MR) is 58.4 cm³/mol. The molecule has 0 bridgehead atoms. The third kappa shape index (κ3) is 2.09. The van der Waals surface area contributed by atoms with Crippen molar-refractivity contribution in [2.75, 3.05) is 5.32 Å². The highest BCUT2D eigenvalue weighted by molar-refractivity contribution is 7.09. The van der Waals surface area contributed by atoms with Crippen LogP contribution in [-0.2, 0) is 0 Å². The summed E-state index contributed by atoms with van der Waals surface area (Å²) in [6, 6.07) is 4.14. The highest BCUT2D eigenvalue weighted by atomic mass is 32.1. The maximum Gasteiger partial charge on any atom is 0.115 e. The van der Waals surface area contributed by atoms with Crippen LogP contribution in [0.2, 0.25) is 0 Å². The summed E-state index contributed by atoms with van der Waals surface area (Å²) in [5.41, 5.74) is 1.07. The molecule has 0 saturated heterocycles. The Morgan fingerprint density at radius 1 is 1.29 bits per heavy atom. The van der Waals surface area contributed by atoms with E-state index >= 15 is 0 Å². The largest absolute Gasteiger partial charge is 0.376 e. The highest BCUT2D eigenvalue weighted by Gasteiger charge is 2.06. The fourth-order valence-electron chi connectivity index (χ4n) is 1.21. The molecule has 72 valence electrons. The van der Waals surface area contributed by atoms with Crippen LogP contribution in [0.5, 0.6) is 0 Å². The Balaban J connectivity index is 2.06. The molecule has 0 amide bonds. The predicted octanol–water partition coefficient (Wildman–Crippen LogP) is 2.71. The van der Waals surface area contributed by atoms with Crippen LogP contribution in [0, 0.1) is 0 Å². The van der Waals surface area contributed by atoms with Gasteiger partial charge in [0.05, 0.1) is 6.04 Å². The zero-order valence-corrected chi connectivity index (χ0v) is 8.66. The van der Waals surface area contributed by atoms with Gasteiger partial charge >= 0.3 is 0 Å².